The van der Waals surface area contributed by atoms with Gasteiger partial charge in [0, 0.05) is 42.7 Å². The van der Waals surface area contributed by atoms with Crippen molar-refractivity contribution in [2.75, 3.05) is 31.1 Å². The normalized spacial score (nSPS) is 40.0. The fraction of sp³-hybridized carbons (Fsp3) is 0.915. The molecule has 0 aromatic heterocycles. The second kappa shape index (κ2) is 16.5. The van der Waals surface area contributed by atoms with Gasteiger partial charge in [-0.2, -0.15) is 0 Å². The Labute approximate surface area is 363 Å². The molecule has 13 heteroatoms. The van der Waals surface area contributed by atoms with Crippen molar-refractivity contribution in [1.29, 1.82) is 0 Å². The molecule has 6 fully saturated rings. The Bertz CT molecular complexity index is 1870. The topological polar surface area (TPSA) is 159 Å². The number of carboxylic acids is 1. The minimum absolute atomic E-state index is 0.0725. The number of carbonyl (C=O) groups excluding carboxylic acids is 1. The van der Waals surface area contributed by atoms with Gasteiger partial charge in [0.1, 0.15) is 6.10 Å². The Balaban J connectivity index is 1.24. The van der Waals surface area contributed by atoms with Crippen molar-refractivity contribution >= 4 is 31.8 Å². The summed E-state index contributed by atoms with van der Waals surface area (Å²) in [6, 6.07) is -0.594. The summed E-state index contributed by atoms with van der Waals surface area (Å²) >= 11 is 0. The highest BCUT2D eigenvalue weighted by atomic mass is 32.2. The lowest BCUT2D eigenvalue weighted by Gasteiger charge is -2.73. The number of fused-ring (bicyclic) bond motifs is 7. The molecule has 0 spiro atoms. The molecule has 0 bridgehead atoms. The Kier molecular flexibility index (Phi) is 13.2. The van der Waals surface area contributed by atoms with Gasteiger partial charge in [-0.1, -0.05) is 60.6 Å². The number of nitrogens with one attached hydrogen (secondary N) is 2. The van der Waals surface area contributed by atoms with Gasteiger partial charge in [-0.25, -0.2) is 21.6 Å². The van der Waals surface area contributed by atoms with Crippen LogP contribution in [0, 0.1) is 56.7 Å². The van der Waals surface area contributed by atoms with Gasteiger partial charge in [-0.05, 0) is 143 Å². The highest BCUT2D eigenvalue weighted by Gasteiger charge is 2.71. The minimum Gasteiger partial charge on any atom is -0.481 e. The lowest BCUT2D eigenvalue weighted by molar-refractivity contribution is -0.246. The zero-order valence-electron chi connectivity index (χ0n) is 39.0. The summed E-state index contributed by atoms with van der Waals surface area (Å²) in [4.78, 5) is 27.0. The van der Waals surface area contributed by atoms with Crippen molar-refractivity contribution in [3.8, 4) is 0 Å². The lowest BCUT2D eigenvalue weighted by Crippen LogP contribution is -2.69. The van der Waals surface area contributed by atoms with E-state index >= 15 is 0 Å². The van der Waals surface area contributed by atoms with E-state index < -0.39 is 42.5 Å². The van der Waals surface area contributed by atoms with E-state index in [4.69, 9.17) is 4.74 Å². The second-order valence-electron chi connectivity index (χ2n) is 23.2. The van der Waals surface area contributed by atoms with E-state index in [0.29, 0.717) is 49.2 Å². The number of carboxylic acid groups (broad SMARTS) is 1. The molecule has 6 aliphatic rings. The molecular weight excluding hydrogens is 799 g/mol. The zero-order chi connectivity index (χ0) is 44.6. The first kappa shape index (κ1) is 47.9. The molecule has 5 aliphatic carbocycles. The fourth-order valence-electron chi connectivity index (χ4n) is 15.2. The number of carbonyl (C=O) groups is 2. The van der Waals surface area contributed by atoms with Gasteiger partial charge < -0.3 is 15.2 Å². The van der Waals surface area contributed by atoms with Crippen molar-refractivity contribution < 1.29 is 36.3 Å². The summed E-state index contributed by atoms with van der Waals surface area (Å²) in [5.74, 6) is 1.23. The van der Waals surface area contributed by atoms with Crippen molar-refractivity contribution in [2.45, 2.75) is 182 Å². The first-order valence-electron chi connectivity index (χ1n) is 23.3. The van der Waals surface area contributed by atoms with Crippen LogP contribution in [0.25, 0.3) is 0 Å². The molecular formula is C47H81N3O8S2. The van der Waals surface area contributed by atoms with Crippen LogP contribution in [-0.2, 0) is 34.2 Å². The van der Waals surface area contributed by atoms with Crippen molar-refractivity contribution in [3.63, 3.8) is 0 Å². The van der Waals surface area contributed by atoms with Crippen LogP contribution in [-0.4, -0.2) is 98.9 Å². The van der Waals surface area contributed by atoms with E-state index in [9.17, 15) is 31.5 Å². The predicted molar refractivity (Wildman–Crippen MR) is 238 cm³/mol. The summed E-state index contributed by atoms with van der Waals surface area (Å²) in [7, 11) is -6.65. The fourth-order valence-corrected chi connectivity index (χ4v) is 17.3. The van der Waals surface area contributed by atoms with Gasteiger partial charge in [-0.3, -0.25) is 14.5 Å². The number of rotatable bonds is 14. The summed E-state index contributed by atoms with van der Waals surface area (Å²) in [5.41, 5.74) is 0.602. The number of aliphatic carboxylic acids is 1. The number of sulfonamides is 1. The smallest absolute Gasteiger partial charge is 0.306 e. The Hall–Kier alpha value is -1.54. The van der Waals surface area contributed by atoms with Crippen LogP contribution in [0.2, 0.25) is 0 Å². The number of nitrogens with zero attached hydrogens (tertiary/aromatic N) is 1. The predicted octanol–water partition coefficient (Wildman–Crippen LogP) is 7.60. The van der Waals surface area contributed by atoms with E-state index in [2.05, 4.69) is 63.1 Å². The van der Waals surface area contributed by atoms with Crippen LogP contribution in [0.5, 0.6) is 0 Å². The molecule has 344 valence electrons. The maximum atomic E-state index is 13.3. The van der Waals surface area contributed by atoms with Gasteiger partial charge in [0.25, 0.3) is 0 Å². The van der Waals surface area contributed by atoms with Gasteiger partial charge in [-0.15, -0.1) is 0 Å². The molecule has 3 N–H and O–H groups in total. The summed E-state index contributed by atoms with van der Waals surface area (Å²) in [6.45, 7) is 29.6. The molecule has 1 saturated heterocycles. The molecule has 0 aromatic rings. The third-order valence-electron chi connectivity index (χ3n) is 18.6. The van der Waals surface area contributed by atoms with E-state index in [-0.39, 0.29) is 69.7 Å². The molecule has 0 amide bonds. The largest absolute Gasteiger partial charge is 0.481 e. The average Bonchev–Trinajstić information content (AvgIpc) is 3.49. The SMILES string of the molecule is C=C(C)[C@@H]1CC[C@]2(NC[C@H]([C@@H](C)NS(=O)(=O)C(C)C)N3CCS(=O)(=O)CC3)CC[C@]3(C)[C@H](CC[C@@H]4[C@@]5(C)CC[C@H](OC(=O)CC(C)(C)CC(=O)O)C(C)(C)[C@@H]5CC[C@]43C)[C@@H]12. The Morgan fingerprint density at radius 1 is 0.883 bits per heavy atom. The van der Waals surface area contributed by atoms with Gasteiger partial charge in [0.05, 0.1) is 29.6 Å². The highest BCUT2D eigenvalue weighted by molar-refractivity contribution is 7.91. The van der Waals surface area contributed by atoms with Crippen LogP contribution < -0.4 is 10.0 Å². The maximum Gasteiger partial charge on any atom is 0.306 e. The number of hydrogen-bond acceptors (Lipinski definition) is 9. The van der Waals surface area contributed by atoms with Crippen molar-refractivity contribution in [2.24, 2.45) is 56.7 Å². The van der Waals surface area contributed by atoms with E-state index in [0.717, 1.165) is 57.8 Å². The molecule has 60 heavy (non-hydrogen) atoms. The number of sulfone groups is 1. The summed E-state index contributed by atoms with van der Waals surface area (Å²) < 4.78 is 60.6. The Morgan fingerprint density at radius 2 is 1.53 bits per heavy atom. The third-order valence-corrected chi connectivity index (χ3v) is 22.1. The molecule has 1 heterocycles. The van der Waals surface area contributed by atoms with Crippen LogP contribution in [0.1, 0.15) is 153 Å². The molecule has 0 radical (unpaired) electrons. The summed E-state index contributed by atoms with van der Waals surface area (Å²) in [6.07, 6.45) is 10.5. The molecule has 0 unspecified atom stereocenters. The van der Waals surface area contributed by atoms with Crippen LogP contribution in [0.3, 0.4) is 0 Å². The van der Waals surface area contributed by atoms with Gasteiger partial charge >= 0.3 is 11.9 Å². The van der Waals surface area contributed by atoms with Gasteiger partial charge in [0.2, 0.25) is 10.0 Å². The first-order valence-corrected chi connectivity index (χ1v) is 26.7. The van der Waals surface area contributed by atoms with E-state index in [1.165, 1.54) is 12.0 Å². The second-order valence-corrected chi connectivity index (χ2v) is 27.8. The average molecular weight is 880 g/mol. The van der Waals surface area contributed by atoms with Crippen molar-refractivity contribution in [1.82, 2.24) is 14.9 Å². The molecule has 6 rings (SSSR count). The van der Waals surface area contributed by atoms with E-state index in [1.807, 2.05) is 20.8 Å². The number of hydrogen-bond donors (Lipinski definition) is 3. The van der Waals surface area contributed by atoms with Crippen LogP contribution in [0.15, 0.2) is 12.2 Å². The molecule has 11 nitrogen and oxygen atoms in total. The molecule has 1 aliphatic heterocycles. The summed E-state index contributed by atoms with van der Waals surface area (Å²) in [5, 5.41) is 13.0. The standard InChI is InChI=1S/C47H81N3O8S2/c1-30(2)33-15-20-47(48-29-35(32(5)49-60(56,57)31(3)4)50-23-25-59(54,55)26-24-50)22-21-45(11)34(41(33)47)13-14-37-44(10)18-17-38(43(8,9)36(44)16-19-46(37,45)12)58-40(53)28-42(6,7)27-39(51)52/h31-38,41,48-49H,1,13-29H2,2-12H3,(H,51,52)/t32-,33+,34-,35-,36+,37-,38+,41-,44+,45-,46-,47+/m1/s1. The van der Waals surface area contributed by atoms with Crippen LogP contribution in [0.4, 0.5) is 0 Å². The number of ether oxygens (including phenoxy) is 1. The van der Waals surface area contributed by atoms with Gasteiger partial charge in [0.15, 0.2) is 9.84 Å². The monoisotopic (exact) mass is 880 g/mol. The molecule has 5 saturated carbocycles. The minimum atomic E-state index is -3.54. The highest BCUT2D eigenvalue weighted by Crippen LogP contribution is 2.76. The van der Waals surface area contributed by atoms with E-state index in [1.54, 1.807) is 13.8 Å². The quantitative estimate of drug-likeness (QED) is 0.117. The first-order chi connectivity index (χ1) is 27.5. The van der Waals surface area contributed by atoms with Crippen molar-refractivity contribution in [3.05, 3.63) is 12.2 Å². The lowest BCUT2D eigenvalue weighted by atomic mass is 9.32. The van der Waals surface area contributed by atoms with Crippen LogP contribution >= 0.6 is 0 Å². The maximum absolute atomic E-state index is 13.3. The number of esters is 1. The molecule has 0 aromatic carbocycles. The molecule has 12 atom stereocenters. The third kappa shape index (κ3) is 8.56. The number of allylic oxidation sites excluding steroid dienone is 1. The zero-order valence-corrected chi connectivity index (χ0v) is 40.6. The Morgan fingerprint density at radius 3 is 2.13 bits per heavy atom.